The topological polar surface area (TPSA) is 32.3 Å². The van der Waals surface area contributed by atoms with Gasteiger partial charge in [-0.25, -0.2) is 8.78 Å². The van der Waals surface area contributed by atoms with Crippen molar-refractivity contribution in [2.75, 3.05) is 13.6 Å². The molecule has 1 aromatic rings. The number of carbonyl (C=O) groups excluding carboxylic acids is 1. The maximum atomic E-state index is 12.2. The van der Waals surface area contributed by atoms with Crippen LogP contribution in [-0.2, 0) is 13.1 Å². The molecule has 0 saturated heterocycles. The lowest BCUT2D eigenvalue weighted by molar-refractivity contribution is 0.0620. The van der Waals surface area contributed by atoms with E-state index in [0.29, 0.717) is 5.56 Å². The maximum absolute atomic E-state index is 12.2. The van der Waals surface area contributed by atoms with Gasteiger partial charge in [0.25, 0.3) is 12.3 Å². The van der Waals surface area contributed by atoms with E-state index in [-0.39, 0.29) is 18.3 Å². The zero-order valence-electron chi connectivity index (χ0n) is 9.95. The van der Waals surface area contributed by atoms with Gasteiger partial charge in [-0.3, -0.25) is 4.79 Å². The number of rotatable bonds is 3. The van der Waals surface area contributed by atoms with E-state index >= 15 is 0 Å². The van der Waals surface area contributed by atoms with E-state index in [1.54, 1.807) is 12.1 Å². The van der Waals surface area contributed by atoms with Crippen LogP contribution < -0.4 is 5.32 Å². The molecule has 0 fully saturated rings. The summed E-state index contributed by atoms with van der Waals surface area (Å²) < 4.78 is 24.4. The van der Waals surface area contributed by atoms with Gasteiger partial charge in [0.05, 0.1) is 6.54 Å². The fourth-order valence-corrected chi connectivity index (χ4v) is 1.94. The van der Waals surface area contributed by atoms with Crippen LogP contribution in [0.4, 0.5) is 8.78 Å². The highest BCUT2D eigenvalue weighted by Crippen LogP contribution is 2.18. The zero-order valence-corrected chi connectivity index (χ0v) is 10.8. The van der Waals surface area contributed by atoms with E-state index in [1.165, 1.54) is 7.05 Å². The monoisotopic (exact) mass is 276 g/mol. The SMILES string of the molecule is CN(CC(F)F)C(=O)c1ccc2c(c1)CNC2.Cl. The summed E-state index contributed by atoms with van der Waals surface area (Å²) in [5.74, 6) is -0.361. The largest absolute Gasteiger partial charge is 0.336 e. The molecule has 0 atom stereocenters. The fourth-order valence-electron chi connectivity index (χ4n) is 1.94. The van der Waals surface area contributed by atoms with Gasteiger partial charge < -0.3 is 10.2 Å². The van der Waals surface area contributed by atoms with Crippen LogP contribution in [0.5, 0.6) is 0 Å². The highest BCUT2D eigenvalue weighted by atomic mass is 35.5. The first-order valence-corrected chi connectivity index (χ1v) is 5.44. The molecule has 0 radical (unpaired) electrons. The van der Waals surface area contributed by atoms with Crippen LogP contribution >= 0.6 is 12.4 Å². The van der Waals surface area contributed by atoms with Gasteiger partial charge >= 0.3 is 0 Å². The second-order valence-corrected chi connectivity index (χ2v) is 4.16. The summed E-state index contributed by atoms with van der Waals surface area (Å²) in [4.78, 5) is 12.9. The summed E-state index contributed by atoms with van der Waals surface area (Å²) in [6.45, 7) is 1.000. The van der Waals surface area contributed by atoms with Gasteiger partial charge in [-0.05, 0) is 23.3 Å². The predicted octanol–water partition coefficient (Wildman–Crippen LogP) is 2.05. The molecule has 0 aromatic heterocycles. The number of hydrogen-bond donors (Lipinski definition) is 1. The van der Waals surface area contributed by atoms with Gasteiger partial charge in [0.15, 0.2) is 0 Å². The van der Waals surface area contributed by atoms with Crippen LogP contribution in [0.2, 0.25) is 0 Å². The van der Waals surface area contributed by atoms with E-state index in [2.05, 4.69) is 5.32 Å². The van der Waals surface area contributed by atoms with Crippen LogP contribution in [0.3, 0.4) is 0 Å². The van der Waals surface area contributed by atoms with Crippen molar-refractivity contribution in [3.63, 3.8) is 0 Å². The Labute approximate surface area is 111 Å². The Bertz CT molecular complexity index is 440. The quantitative estimate of drug-likeness (QED) is 0.916. The van der Waals surface area contributed by atoms with E-state index in [4.69, 9.17) is 0 Å². The molecule has 1 N–H and O–H groups in total. The summed E-state index contributed by atoms with van der Waals surface area (Å²) in [6, 6.07) is 5.34. The standard InChI is InChI=1S/C12H14F2N2O.ClH/c1-16(7-11(13)14)12(17)8-2-3-9-5-15-6-10(9)4-8;/h2-4,11,15H,5-7H2,1H3;1H. The Kier molecular flexibility index (Phi) is 5.04. The second-order valence-electron chi connectivity index (χ2n) is 4.16. The average molecular weight is 277 g/mol. The molecule has 1 heterocycles. The minimum absolute atomic E-state index is 0. The Balaban J connectivity index is 0.00000162. The van der Waals surface area contributed by atoms with Gasteiger partial charge in [0.1, 0.15) is 0 Å². The normalized spacial score (nSPS) is 13.1. The molecule has 2 rings (SSSR count). The van der Waals surface area contributed by atoms with Gasteiger partial charge in [0.2, 0.25) is 0 Å². The number of alkyl halides is 2. The maximum Gasteiger partial charge on any atom is 0.255 e. The Morgan fingerprint density at radius 3 is 2.72 bits per heavy atom. The third-order valence-corrected chi connectivity index (χ3v) is 2.84. The van der Waals surface area contributed by atoms with Crippen molar-refractivity contribution in [2.45, 2.75) is 19.5 Å². The highest BCUT2D eigenvalue weighted by Gasteiger charge is 2.18. The number of fused-ring (bicyclic) bond motifs is 1. The number of carbonyl (C=O) groups is 1. The third kappa shape index (κ3) is 3.17. The molecule has 18 heavy (non-hydrogen) atoms. The Morgan fingerprint density at radius 2 is 2.06 bits per heavy atom. The number of hydrogen-bond acceptors (Lipinski definition) is 2. The molecular weight excluding hydrogens is 262 g/mol. The van der Waals surface area contributed by atoms with E-state index in [0.717, 1.165) is 29.1 Å². The molecule has 100 valence electrons. The number of amides is 1. The second kappa shape index (κ2) is 6.11. The van der Waals surface area contributed by atoms with Crippen molar-refractivity contribution in [2.24, 2.45) is 0 Å². The van der Waals surface area contributed by atoms with Crippen LogP contribution in [-0.4, -0.2) is 30.8 Å². The van der Waals surface area contributed by atoms with Gasteiger partial charge in [-0.2, -0.15) is 0 Å². The minimum Gasteiger partial charge on any atom is -0.336 e. The fraction of sp³-hybridized carbons (Fsp3) is 0.417. The van der Waals surface area contributed by atoms with Gasteiger partial charge in [-0.1, -0.05) is 6.07 Å². The van der Waals surface area contributed by atoms with Crippen LogP contribution in [0.15, 0.2) is 18.2 Å². The Morgan fingerprint density at radius 1 is 1.39 bits per heavy atom. The zero-order chi connectivity index (χ0) is 12.4. The van der Waals surface area contributed by atoms with E-state index in [1.807, 2.05) is 6.07 Å². The predicted molar refractivity (Wildman–Crippen MR) is 67.2 cm³/mol. The molecule has 0 unspecified atom stereocenters. The van der Waals surface area contributed by atoms with Crippen molar-refractivity contribution in [3.05, 3.63) is 34.9 Å². The number of benzene rings is 1. The van der Waals surface area contributed by atoms with Crippen LogP contribution in [0.25, 0.3) is 0 Å². The van der Waals surface area contributed by atoms with Crippen molar-refractivity contribution < 1.29 is 13.6 Å². The minimum atomic E-state index is -2.50. The highest BCUT2D eigenvalue weighted by molar-refractivity contribution is 5.94. The molecule has 0 bridgehead atoms. The number of halogens is 3. The summed E-state index contributed by atoms with van der Waals surface area (Å²) in [6.07, 6.45) is -2.50. The van der Waals surface area contributed by atoms with Crippen molar-refractivity contribution >= 4 is 18.3 Å². The molecule has 1 aliphatic heterocycles. The van der Waals surface area contributed by atoms with Crippen molar-refractivity contribution in [3.8, 4) is 0 Å². The summed E-state index contributed by atoms with van der Waals surface area (Å²) in [5.41, 5.74) is 2.70. The van der Waals surface area contributed by atoms with E-state index in [9.17, 15) is 13.6 Å². The smallest absolute Gasteiger partial charge is 0.255 e. The Hall–Kier alpha value is -1.20. The summed E-state index contributed by atoms with van der Waals surface area (Å²) >= 11 is 0. The molecule has 0 aliphatic carbocycles. The molecular formula is C12H15ClF2N2O. The first kappa shape index (κ1) is 14.9. The lowest BCUT2D eigenvalue weighted by atomic mass is 10.1. The molecule has 1 aliphatic rings. The van der Waals surface area contributed by atoms with Crippen LogP contribution in [0, 0.1) is 0 Å². The van der Waals surface area contributed by atoms with Crippen molar-refractivity contribution in [1.82, 2.24) is 10.2 Å². The lowest BCUT2D eigenvalue weighted by Gasteiger charge is -2.16. The molecule has 1 amide bonds. The molecule has 0 spiro atoms. The van der Waals surface area contributed by atoms with Crippen molar-refractivity contribution in [1.29, 1.82) is 0 Å². The van der Waals surface area contributed by atoms with E-state index < -0.39 is 13.0 Å². The molecule has 3 nitrogen and oxygen atoms in total. The molecule has 1 aromatic carbocycles. The first-order chi connectivity index (χ1) is 8.08. The number of nitrogens with zero attached hydrogens (tertiary/aromatic N) is 1. The average Bonchev–Trinajstić information content (AvgIpc) is 2.73. The van der Waals surface area contributed by atoms with Gasteiger partial charge in [0, 0.05) is 25.7 Å². The number of nitrogens with one attached hydrogen (secondary N) is 1. The first-order valence-electron chi connectivity index (χ1n) is 5.44. The molecule has 0 saturated carbocycles. The van der Waals surface area contributed by atoms with Crippen LogP contribution in [0.1, 0.15) is 21.5 Å². The van der Waals surface area contributed by atoms with Gasteiger partial charge in [-0.15, -0.1) is 12.4 Å². The summed E-state index contributed by atoms with van der Waals surface area (Å²) in [5, 5.41) is 3.17. The summed E-state index contributed by atoms with van der Waals surface area (Å²) in [7, 11) is 1.39. The third-order valence-electron chi connectivity index (χ3n) is 2.84. The molecule has 6 heteroatoms. The lowest BCUT2D eigenvalue weighted by Crippen LogP contribution is -2.31.